The van der Waals surface area contributed by atoms with Crippen molar-refractivity contribution >= 4 is 5.91 Å². The van der Waals surface area contributed by atoms with Gasteiger partial charge in [0, 0.05) is 26.4 Å². The van der Waals surface area contributed by atoms with Crippen LogP contribution in [-0.4, -0.2) is 60.9 Å². The van der Waals surface area contributed by atoms with Crippen LogP contribution < -0.4 is 0 Å². The van der Waals surface area contributed by atoms with Crippen LogP contribution in [0, 0.1) is 5.92 Å². The second-order valence-corrected chi connectivity index (χ2v) is 6.96. The first-order valence-corrected chi connectivity index (χ1v) is 8.69. The number of ether oxygens (including phenoxy) is 4. The number of rotatable bonds is 8. The molecule has 0 radical (unpaired) electrons. The molecule has 2 fully saturated rings. The molecule has 0 bridgehead atoms. The minimum absolute atomic E-state index is 0.0153. The van der Waals surface area contributed by atoms with Crippen molar-refractivity contribution in [3.8, 4) is 0 Å². The maximum Gasteiger partial charge on any atom is 0.297 e. The van der Waals surface area contributed by atoms with Gasteiger partial charge in [-0.1, -0.05) is 0 Å². The zero-order valence-corrected chi connectivity index (χ0v) is 15.3. The molecule has 0 spiro atoms. The van der Waals surface area contributed by atoms with E-state index < -0.39 is 11.9 Å². The quantitative estimate of drug-likeness (QED) is 0.504. The topological polar surface area (TPSA) is 57.2 Å². The Hall–Kier alpha value is -0.690. The summed E-state index contributed by atoms with van der Waals surface area (Å²) in [5.74, 6) is -1.75. The van der Waals surface area contributed by atoms with Crippen molar-refractivity contribution in [2.75, 3.05) is 26.4 Å². The molecule has 2 rings (SSSR count). The van der Waals surface area contributed by atoms with E-state index in [1.54, 1.807) is 0 Å². The lowest BCUT2D eigenvalue weighted by molar-refractivity contribution is -0.409. The van der Waals surface area contributed by atoms with Crippen LogP contribution in [0.1, 0.15) is 48.0 Å². The molecule has 2 aliphatic rings. The van der Waals surface area contributed by atoms with E-state index in [1.807, 2.05) is 46.4 Å². The Balaban J connectivity index is 2.25. The molecule has 0 aromatic rings. The van der Waals surface area contributed by atoms with E-state index in [2.05, 4.69) is 0 Å². The molecule has 6 nitrogen and oxygen atoms in total. The van der Waals surface area contributed by atoms with E-state index in [9.17, 15) is 4.79 Å². The van der Waals surface area contributed by atoms with E-state index >= 15 is 0 Å². The third kappa shape index (κ3) is 3.55. The zero-order chi connectivity index (χ0) is 17.3. The maximum absolute atomic E-state index is 12.7. The van der Waals surface area contributed by atoms with Gasteiger partial charge in [0.15, 0.2) is 0 Å². The van der Waals surface area contributed by atoms with Crippen LogP contribution in [0.3, 0.4) is 0 Å². The van der Waals surface area contributed by atoms with Crippen LogP contribution in [-0.2, 0) is 23.7 Å². The monoisotopic (exact) mass is 329 g/mol. The van der Waals surface area contributed by atoms with Crippen molar-refractivity contribution < 1.29 is 23.7 Å². The Bertz CT molecular complexity index is 403. The molecule has 23 heavy (non-hydrogen) atoms. The number of hydrogen-bond donors (Lipinski definition) is 0. The second kappa shape index (κ2) is 7.05. The molecule has 0 aromatic carbocycles. The number of carbonyl (C=O) groups is 1. The summed E-state index contributed by atoms with van der Waals surface area (Å²) in [5.41, 5.74) is -0.255. The van der Waals surface area contributed by atoms with Crippen molar-refractivity contribution in [3.05, 3.63) is 0 Å². The van der Waals surface area contributed by atoms with Crippen LogP contribution in [0.15, 0.2) is 0 Å². The van der Waals surface area contributed by atoms with Gasteiger partial charge in [-0.25, -0.2) is 0 Å². The Morgan fingerprint density at radius 2 is 1.57 bits per heavy atom. The summed E-state index contributed by atoms with van der Waals surface area (Å²) in [6, 6.07) is -0.0497. The largest absolute Gasteiger partial charge is 0.370 e. The number of nitrogens with zero attached hydrogens (tertiary/aromatic N) is 1. The van der Waals surface area contributed by atoms with Gasteiger partial charge < -0.3 is 23.8 Å². The van der Waals surface area contributed by atoms with Crippen molar-refractivity contribution in [3.63, 3.8) is 0 Å². The van der Waals surface area contributed by atoms with Crippen LogP contribution in [0.5, 0.6) is 0 Å². The Morgan fingerprint density at radius 3 is 2.00 bits per heavy atom. The van der Waals surface area contributed by atoms with Crippen molar-refractivity contribution in [1.82, 2.24) is 4.90 Å². The minimum atomic E-state index is -1.31. The molecule has 0 unspecified atom stereocenters. The number of hydrogen-bond acceptors (Lipinski definition) is 5. The average Bonchev–Trinajstić information content (AvgIpc) is 2.76. The summed E-state index contributed by atoms with van der Waals surface area (Å²) in [7, 11) is 0. The highest BCUT2D eigenvalue weighted by Crippen LogP contribution is 2.46. The molecular formula is C17H31NO5. The van der Waals surface area contributed by atoms with Gasteiger partial charge in [-0.3, -0.25) is 4.79 Å². The summed E-state index contributed by atoms with van der Waals surface area (Å²) in [6.07, 6.45) is 0.823. The first-order valence-electron chi connectivity index (χ1n) is 8.69. The highest BCUT2D eigenvalue weighted by Gasteiger charge is 2.66. The summed E-state index contributed by atoms with van der Waals surface area (Å²) >= 11 is 0. The summed E-state index contributed by atoms with van der Waals surface area (Å²) in [4.78, 5) is 14.5. The lowest BCUT2D eigenvalue weighted by atomic mass is 9.83. The number of fused-ring (bicyclic) bond motifs is 1. The molecule has 0 aromatic heterocycles. The third-order valence-electron chi connectivity index (χ3n) is 4.21. The highest BCUT2D eigenvalue weighted by molar-refractivity contribution is 5.87. The van der Waals surface area contributed by atoms with E-state index in [-0.39, 0.29) is 23.7 Å². The average molecular weight is 329 g/mol. The van der Waals surface area contributed by atoms with E-state index in [0.29, 0.717) is 19.8 Å². The van der Waals surface area contributed by atoms with Crippen LogP contribution in [0.2, 0.25) is 0 Å². The fraction of sp³-hybridized carbons (Fsp3) is 0.941. The predicted octanol–water partition coefficient (Wildman–Crippen LogP) is 2.16. The number of amides is 1. The van der Waals surface area contributed by atoms with Gasteiger partial charge in [0.2, 0.25) is 5.91 Å². The first kappa shape index (κ1) is 18.6. The molecule has 1 amide bonds. The number of β-lactam (4-membered cyclic amide) rings is 1. The standard InChI is InChI=1S/C17H31NO5/c1-7-20-17(21-8-2,22-9-3)13-14-12(23-16(4,5)6)10-11-18(14)15(13)19/h12-14H,7-11H2,1-6H3/t12-,13+,14-/m0/s1. The SMILES string of the molecule is CCOC(OCC)(OCC)[C@H]1C(=O)N2CC[C@H](OC(C)(C)C)[C@@H]12. The van der Waals surface area contributed by atoms with Crippen molar-refractivity contribution in [1.29, 1.82) is 0 Å². The molecular weight excluding hydrogens is 298 g/mol. The maximum atomic E-state index is 12.7. The van der Waals surface area contributed by atoms with Gasteiger partial charge in [0.25, 0.3) is 5.97 Å². The van der Waals surface area contributed by atoms with E-state index in [4.69, 9.17) is 18.9 Å². The van der Waals surface area contributed by atoms with Crippen LogP contribution >= 0.6 is 0 Å². The molecule has 134 valence electrons. The van der Waals surface area contributed by atoms with Gasteiger partial charge in [-0.05, 0) is 48.0 Å². The molecule has 6 heteroatoms. The molecule has 3 atom stereocenters. The van der Waals surface area contributed by atoms with E-state index in [1.165, 1.54) is 0 Å². The van der Waals surface area contributed by atoms with Crippen molar-refractivity contribution in [2.24, 2.45) is 5.92 Å². The van der Waals surface area contributed by atoms with Crippen LogP contribution in [0.25, 0.3) is 0 Å². The minimum Gasteiger partial charge on any atom is -0.370 e. The summed E-state index contributed by atoms with van der Waals surface area (Å²) in [5, 5.41) is 0. The Morgan fingerprint density at radius 1 is 1.04 bits per heavy atom. The fourth-order valence-electron chi connectivity index (χ4n) is 3.62. The molecule has 2 heterocycles. The Labute approximate surface area is 139 Å². The van der Waals surface area contributed by atoms with Crippen LogP contribution in [0.4, 0.5) is 0 Å². The fourth-order valence-corrected chi connectivity index (χ4v) is 3.62. The second-order valence-electron chi connectivity index (χ2n) is 6.96. The molecule has 0 aliphatic carbocycles. The van der Waals surface area contributed by atoms with Crippen molar-refractivity contribution in [2.45, 2.75) is 71.7 Å². The molecule has 2 saturated heterocycles. The first-order chi connectivity index (χ1) is 10.8. The lowest BCUT2D eigenvalue weighted by Crippen LogP contribution is -2.71. The van der Waals surface area contributed by atoms with Gasteiger partial charge in [0.1, 0.15) is 5.92 Å². The van der Waals surface area contributed by atoms with Gasteiger partial charge in [0.05, 0.1) is 17.7 Å². The zero-order valence-electron chi connectivity index (χ0n) is 15.3. The summed E-state index contributed by atoms with van der Waals surface area (Å²) < 4.78 is 23.7. The van der Waals surface area contributed by atoms with Gasteiger partial charge in [-0.15, -0.1) is 0 Å². The molecule has 0 N–H and O–H groups in total. The van der Waals surface area contributed by atoms with E-state index in [0.717, 1.165) is 13.0 Å². The number of carbonyl (C=O) groups excluding carboxylic acids is 1. The Kier molecular flexibility index (Phi) is 5.72. The normalized spacial score (nSPS) is 28.0. The molecule has 0 saturated carbocycles. The predicted molar refractivity (Wildman–Crippen MR) is 85.8 cm³/mol. The molecule has 2 aliphatic heterocycles. The lowest BCUT2D eigenvalue weighted by Gasteiger charge is -2.52. The summed E-state index contributed by atoms with van der Waals surface area (Å²) in [6.45, 7) is 13.7. The van der Waals surface area contributed by atoms with Gasteiger partial charge in [-0.2, -0.15) is 0 Å². The third-order valence-corrected chi connectivity index (χ3v) is 4.21. The smallest absolute Gasteiger partial charge is 0.297 e. The van der Waals surface area contributed by atoms with Gasteiger partial charge >= 0.3 is 0 Å². The highest BCUT2D eigenvalue weighted by atomic mass is 16.9.